The van der Waals surface area contributed by atoms with Gasteiger partial charge in [0.1, 0.15) is 5.75 Å². The SMILES string of the molecule is COc1cc(OCC2CCNCC2)ccn1.Cl. The van der Waals surface area contributed by atoms with Gasteiger partial charge in [-0.2, -0.15) is 0 Å². The number of hydrogen-bond acceptors (Lipinski definition) is 4. The first-order valence-corrected chi connectivity index (χ1v) is 5.72. The minimum Gasteiger partial charge on any atom is -0.493 e. The summed E-state index contributed by atoms with van der Waals surface area (Å²) in [6.45, 7) is 3.00. The van der Waals surface area contributed by atoms with E-state index >= 15 is 0 Å². The Morgan fingerprint density at radius 2 is 2.18 bits per heavy atom. The zero-order valence-electron chi connectivity index (χ0n) is 10.0. The van der Waals surface area contributed by atoms with E-state index in [0.717, 1.165) is 25.4 Å². The van der Waals surface area contributed by atoms with Crippen LogP contribution in [-0.4, -0.2) is 31.8 Å². The third kappa shape index (κ3) is 4.40. The average Bonchev–Trinajstić information content (AvgIpc) is 2.38. The van der Waals surface area contributed by atoms with Crippen molar-refractivity contribution in [2.24, 2.45) is 5.92 Å². The van der Waals surface area contributed by atoms with Gasteiger partial charge in [-0.25, -0.2) is 4.98 Å². The van der Waals surface area contributed by atoms with Crippen LogP contribution in [0.1, 0.15) is 12.8 Å². The lowest BCUT2D eigenvalue weighted by Crippen LogP contribution is -2.30. The maximum Gasteiger partial charge on any atom is 0.216 e. The second-order valence-electron chi connectivity index (χ2n) is 4.04. The summed E-state index contributed by atoms with van der Waals surface area (Å²) in [7, 11) is 1.61. The molecule has 2 rings (SSSR count). The quantitative estimate of drug-likeness (QED) is 0.896. The third-order valence-corrected chi connectivity index (χ3v) is 2.86. The molecule has 1 fully saturated rings. The van der Waals surface area contributed by atoms with Crippen molar-refractivity contribution in [1.29, 1.82) is 0 Å². The highest BCUT2D eigenvalue weighted by Gasteiger charge is 2.13. The molecule has 0 amide bonds. The largest absolute Gasteiger partial charge is 0.493 e. The van der Waals surface area contributed by atoms with Crippen LogP contribution in [0.3, 0.4) is 0 Å². The highest BCUT2D eigenvalue weighted by Crippen LogP contribution is 2.18. The Balaban J connectivity index is 0.00000144. The van der Waals surface area contributed by atoms with Crippen LogP contribution in [0.4, 0.5) is 0 Å². The summed E-state index contributed by atoms with van der Waals surface area (Å²) in [6, 6.07) is 3.69. The lowest BCUT2D eigenvalue weighted by atomic mass is 9.99. The zero-order chi connectivity index (χ0) is 11.2. The number of methoxy groups -OCH3 is 1. The number of aromatic nitrogens is 1. The summed E-state index contributed by atoms with van der Waals surface area (Å²) in [6.07, 6.45) is 4.10. The van der Waals surface area contributed by atoms with E-state index in [-0.39, 0.29) is 12.4 Å². The molecule has 1 aromatic rings. The van der Waals surface area contributed by atoms with Gasteiger partial charge in [0, 0.05) is 12.3 Å². The van der Waals surface area contributed by atoms with Crippen LogP contribution >= 0.6 is 12.4 Å². The first-order valence-electron chi connectivity index (χ1n) is 5.72. The summed E-state index contributed by atoms with van der Waals surface area (Å²) in [4.78, 5) is 4.04. The van der Waals surface area contributed by atoms with E-state index in [4.69, 9.17) is 9.47 Å². The van der Waals surface area contributed by atoms with Crippen molar-refractivity contribution in [3.05, 3.63) is 18.3 Å². The molecule has 0 aromatic carbocycles. The Kier molecular flexibility index (Phi) is 6.08. The van der Waals surface area contributed by atoms with E-state index in [1.165, 1.54) is 12.8 Å². The molecule has 1 aliphatic rings. The Bertz CT molecular complexity index is 330. The van der Waals surface area contributed by atoms with E-state index in [1.807, 2.05) is 12.1 Å². The number of hydrogen-bond donors (Lipinski definition) is 1. The maximum absolute atomic E-state index is 5.74. The molecule has 5 heteroatoms. The van der Waals surface area contributed by atoms with Crippen LogP contribution in [0.2, 0.25) is 0 Å². The monoisotopic (exact) mass is 258 g/mol. The minimum atomic E-state index is 0. The standard InChI is InChI=1S/C12H18N2O2.ClH/c1-15-12-8-11(4-7-14-12)16-9-10-2-5-13-6-3-10;/h4,7-8,10,13H,2-3,5-6,9H2,1H3;1H. The molecular formula is C12H19ClN2O2. The molecule has 17 heavy (non-hydrogen) atoms. The molecule has 0 bridgehead atoms. The Morgan fingerprint density at radius 3 is 2.88 bits per heavy atom. The Labute approximate surface area is 108 Å². The van der Waals surface area contributed by atoms with Gasteiger partial charge in [-0.05, 0) is 37.9 Å². The molecule has 1 aliphatic heterocycles. The number of rotatable bonds is 4. The first kappa shape index (κ1) is 14.1. The molecule has 0 atom stereocenters. The van der Waals surface area contributed by atoms with Crippen molar-refractivity contribution in [2.75, 3.05) is 26.8 Å². The number of ether oxygens (including phenoxy) is 2. The molecule has 0 aliphatic carbocycles. The van der Waals surface area contributed by atoms with E-state index < -0.39 is 0 Å². The summed E-state index contributed by atoms with van der Waals surface area (Å²) in [5, 5.41) is 3.35. The van der Waals surface area contributed by atoms with Crippen LogP contribution in [0.5, 0.6) is 11.6 Å². The normalized spacial score (nSPS) is 16.1. The maximum atomic E-state index is 5.74. The van der Waals surface area contributed by atoms with E-state index in [0.29, 0.717) is 11.8 Å². The van der Waals surface area contributed by atoms with Gasteiger partial charge in [0.25, 0.3) is 0 Å². The lowest BCUT2D eigenvalue weighted by Gasteiger charge is -2.22. The summed E-state index contributed by atoms with van der Waals surface area (Å²) in [5.41, 5.74) is 0. The number of piperidine rings is 1. The van der Waals surface area contributed by atoms with Gasteiger partial charge in [0.15, 0.2) is 0 Å². The van der Waals surface area contributed by atoms with Crippen LogP contribution < -0.4 is 14.8 Å². The number of pyridine rings is 1. The zero-order valence-corrected chi connectivity index (χ0v) is 10.8. The molecule has 2 heterocycles. The van der Waals surface area contributed by atoms with Crippen LogP contribution in [0, 0.1) is 5.92 Å². The number of nitrogens with one attached hydrogen (secondary N) is 1. The van der Waals surface area contributed by atoms with Crippen LogP contribution in [0.15, 0.2) is 18.3 Å². The van der Waals surface area contributed by atoms with Crippen molar-refractivity contribution >= 4 is 12.4 Å². The predicted octanol–water partition coefficient (Wildman–Crippen LogP) is 1.89. The lowest BCUT2D eigenvalue weighted by molar-refractivity contribution is 0.214. The Morgan fingerprint density at radius 1 is 1.41 bits per heavy atom. The van der Waals surface area contributed by atoms with Crippen LogP contribution in [-0.2, 0) is 0 Å². The van der Waals surface area contributed by atoms with E-state index in [2.05, 4.69) is 10.3 Å². The highest BCUT2D eigenvalue weighted by molar-refractivity contribution is 5.85. The molecule has 4 nitrogen and oxygen atoms in total. The second kappa shape index (κ2) is 7.35. The molecule has 1 N–H and O–H groups in total. The smallest absolute Gasteiger partial charge is 0.216 e. The van der Waals surface area contributed by atoms with E-state index in [1.54, 1.807) is 13.3 Å². The summed E-state index contributed by atoms with van der Waals surface area (Å²) < 4.78 is 10.8. The highest BCUT2D eigenvalue weighted by atomic mass is 35.5. The second-order valence-corrected chi connectivity index (χ2v) is 4.04. The average molecular weight is 259 g/mol. The molecule has 0 spiro atoms. The van der Waals surface area contributed by atoms with Crippen molar-refractivity contribution in [3.63, 3.8) is 0 Å². The molecule has 1 saturated heterocycles. The van der Waals surface area contributed by atoms with Crippen molar-refractivity contribution in [3.8, 4) is 11.6 Å². The van der Waals surface area contributed by atoms with Crippen molar-refractivity contribution in [1.82, 2.24) is 10.3 Å². The van der Waals surface area contributed by atoms with Gasteiger partial charge in [-0.15, -0.1) is 12.4 Å². The summed E-state index contributed by atoms with van der Waals surface area (Å²) in [5.74, 6) is 2.11. The molecular weight excluding hydrogens is 240 g/mol. The summed E-state index contributed by atoms with van der Waals surface area (Å²) >= 11 is 0. The first-order chi connectivity index (χ1) is 7.88. The van der Waals surface area contributed by atoms with Gasteiger partial charge in [0.2, 0.25) is 5.88 Å². The van der Waals surface area contributed by atoms with Gasteiger partial charge < -0.3 is 14.8 Å². The molecule has 1 aromatic heterocycles. The van der Waals surface area contributed by atoms with Gasteiger partial charge in [-0.1, -0.05) is 0 Å². The number of halogens is 1. The molecule has 0 radical (unpaired) electrons. The van der Waals surface area contributed by atoms with Crippen molar-refractivity contribution in [2.45, 2.75) is 12.8 Å². The number of nitrogens with zero attached hydrogens (tertiary/aromatic N) is 1. The molecule has 96 valence electrons. The third-order valence-electron chi connectivity index (χ3n) is 2.86. The fourth-order valence-electron chi connectivity index (χ4n) is 1.86. The molecule has 0 unspecified atom stereocenters. The van der Waals surface area contributed by atoms with E-state index in [9.17, 15) is 0 Å². The van der Waals surface area contributed by atoms with Gasteiger partial charge >= 0.3 is 0 Å². The topological polar surface area (TPSA) is 43.4 Å². The van der Waals surface area contributed by atoms with Gasteiger partial charge in [0.05, 0.1) is 13.7 Å². The van der Waals surface area contributed by atoms with Gasteiger partial charge in [-0.3, -0.25) is 0 Å². The molecule has 0 saturated carbocycles. The Hall–Kier alpha value is -1.00. The fraction of sp³-hybridized carbons (Fsp3) is 0.583. The van der Waals surface area contributed by atoms with Crippen molar-refractivity contribution < 1.29 is 9.47 Å². The predicted molar refractivity (Wildman–Crippen MR) is 69.1 cm³/mol. The fourth-order valence-corrected chi connectivity index (χ4v) is 1.86. The van der Waals surface area contributed by atoms with Crippen LogP contribution in [0.25, 0.3) is 0 Å². The minimum absolute atomic E-state index is 0.